The Morgan fingerprint density at radius 1 is 0.766 bits per heavy atom. The predicted octanol–water partition coefficient (Wildman–Crippen LogP) is 2.95. The van der Waals surface area contributed by atoms with E-state index in [9.17, 15) is 13.2 Å². The van der Waals surface area contributed by atoms with Crippen LogP contribution in [0.2, 0.25) is 0 Å². The highest BCUT2D eigenvalue weighted by Crippen LogP contribution is 2.39. The Kier molecular flexibility index (Phi) is 9.32. The van der Waals surface area contributed by atoms with E-state index in [1.54, 1.807) is 0 Å². The highest BCUT2D eigenvalue weighted by molar-refractivity contribution is 5.62. The van der Waals surface area contributed by atoms with E-state index in [-0.39, 0.29) is 12.6 Å². The molecule has 0 aliphatic carbocycles. The molecule has 3 saturated heterocycles. The Morgan fingerprint density at radius 3 is 2.26 bits per heavy atom. The minimum absolute atomic E-state index is 0.0464. The van der Waals surface area contributed by atoms with Gasteiger partial charge in [0.1, 0.15) is 23.9 Å². The quantitative estimate of drug-likeness (QED) is 0.318. The van der Waals surface area contributed by atoms with Gasteiger partial charge in [0, 0.05) is 96.0 Å². The van der Waals surface area contributed by atoms with Crippen LogP contribution in [0.15, 0.2) is 54.7 Å². The second-order valence-electron chi connectivity index (χ2n) is 12.0. The first kappa shape index (κ1) is 31.5. The van der Waals surface area contributed by atoms with Gasteiger partial charge >= 0.3 is 6.18 Å². The van der Waals surface area contributed by atoms with Gasteiger partial charge in [-0.3, -0.25) is 0 Å². The second kappa shape index (κ2) is 13.9. The highest BCUT2D eigenvalue weighted by Gasteiger charge is 2.31. The first-order chi connectivity index (χ1) is 22.9. The zero-order chi connectivity index (χ0) is 32.2. The number of piperazine rings is 3. The number of aromatic nitrogens is 1. The number of hydrogen-bond acceptors (Lipinski definition) is 11. The van der Waals surface area contributed by atoms with Gasteiger partial charge in [-0.15, -0.1) is 0 Å². The molecule has 4 aliphatic rings. The first-order valence-electron chi connectivity index (χ1n) is 16.2. The zero-order valence-corrected chi connectivity index (χ0v) is 26.1. The molecule has 4 aliphatic heterocycles. The Hall–Kier alpha value is -4.14. The van der Waals surface area contributed by atoms with Crippen LogP contribution in [-0.2, 0) is 6.18 Å². The molecule has 14 heteroatoms. The summed E-state index contributed by atoms with van der Waals surface area (Å²) in [6, 6.07) is 14.4. The van der Waals surface area contributed by atoms with Crippen LogP contribution in [0.3, 0.4) is 0 Å². The molecule has 0 radical (unpaired) electrons. The van der Waals surface area contributed by atoms with Gasteiger partial charge in [-0.05, 0) is 36.4 Å². The van der Waals surface area contributed by atoms with Gasteiger partial charge in [0.05, 0.1) is 17.3 Å². The van der Waals surface area contributed by atoms with Crippen molar-refractivity contribution in [3.63, 3.8) is 0 Å². The lowest BCUT2D eigenvalue weighted by Crippen LogP contribution is -2.53. The first-order valence-corrected chi connectivity index (χ1v) is 16.2. The minimum atomic E-state index is -4.41. The number of pyridine rings is 1. The molecule has 47 heavy (non-hydrogen) atoms. The molecule has 252 valence electrons. The molecule has 5 heterocycles. The van der Waals surface area contributed by atoms with Crippen molar-refractivity contribution in [3.05, 3.63) is 60.3 Å². The summed E-state index contributed by atoms with van der Waals surface area (Å²) < 4.78 is 63.8. The number of halogens is 3. The number of nitrogens with zero attached hydrogens (tertiary/aromatic N) is 4. The molecule has 2 unspecified atom stereocenters. The Balaban J connectivity index is 0.985. The Labute approximate surface area is 271 Å². The molecular weight excluding hydrogens is 615 g/mol. The van der Waals surface area contributed by atoms with E-state index in [0.29, 0.717) is 49.3 Å². The molecule has 2 aromatic carbocycles. The third-order valence-electron chi connectivity index (χ3n) is 8.80. The Bertz CT molecular complexity index is 1500. The van der Waals surface area contributed by atoms with E-state index in [0.717, 1.165) is 81.7 Å². The van der Waals surface area contributed by atoms with Crippen LogP contribution in [0.4, 0.5) is 30.4 Å². The maximum atomic E-state index is 13.0. The number of benzene rings is 2. The lowest BCUT2D eigenvalue weighted by atomic mass is 10.2. The maximum Gasteiger partial charge on any atom is 0.417 e. The number of alkyl halides is 3. The largest absolute Gasteiger partial charge is 0.492 e. The van der Waals surface area contributed by atoms with Gasteiger partial charge in [-0.2, -0.15) is 13.2 Å². The van der Waals surface area contributed by atoms with Crippen LogP contribution >= 0.6 is 0 Å². The fourth-order valence-electron chi connectivity index (χ4n) is 6.29. The van der Waals surface area contributed by atoms with Crippen molar-refractivity contribution in [1.29, 1.82) is 0 Å². The third-order valence-corrected chi connectivity index (χ3v) is 8.80. The minimum Gasteiger partial charge on any atom is -0.492 e. The van der Waals surface area contributed by atoms with Gasteiger partial charge in [0.15, 0.2) is 18.1 Å². The molecule has 3 fully saturated rings. The summed E-state index contributed by atoms with van der Waals surface area (Å²) in [6.45, 7) is 9.69. The third kappa shape index (κ3) is 7.55. The van der Waals surface area contributed by atoms with Crippen molar-refractivity contribution < 1.29 is 32.1 Å². The molecule has 11 nitrogen and oxygen atoms in total. The summed E-state index contributed by atoms with van der Waals surface area (Å²) in [7, 11) is 0. The summed E-state index contributed by atoms with van der Waals surface area (Å²) in [5.41, 5.74) is 1.34. The standard InChI is InChI=1S/C33H40F3N7O4/c34-33(35,36)23-1-6-31(40-19-23)43-16-11-39-24(20-43)21-44-26-3-4-27(42-14-9-38-10-15-42)29(18-26)45-22-32-46-28-5-2-25(17-30(28)47-32)41-12-7-37-8-13-41/h1-6,17-19,24,32,37-39H,7-16,20-22H2. The lowest BCUT2D eigenvalue weighted by molar-refractivity contribution is -0.137. The van der Waals surface area contributed by atoms with E-state index >= 15 is 0 Å². The van der Waals surface area contributed by atoms with Crippen LogP contribution < -0.4 is 49.6 Å². The number of ether oxygens (including phenoxy) is 4. The van der Waals surface area contributed by atoms with E-state index in [1.165, 1.54) is 6.07 Å². The molecule has 2 atom stereocenters. The van der Waals surface area contributed by atoms with Crippen molar-refractivity contribution in [2.45, 2.75) is 18.5 Å². The number of nitrogens with one attached hydrogen (secondary N) is 3. The summed E-state index contributed by atoms with van der Waals surface area (Å²) in [5.74, 6) is 3.27. The topological polar surface area (TPSA) is 95.6 Å². The molecule has 0 amide bonds. The SMILES string of the molecule is FC(F)(F)c1ccc(N2CCNC(COc3ccc(N4CCNCC4)c(OCC4Oc5ccc(N6CCNCC6)cc5O4)c3)C2)nc1. The fraction of sp³-hybridized carbons (Fsp3) is 0.485. The number of rotatable bonds is 9. The average molecular weight is 656 g/mol. The summed E-state index contributed by atoms with van der Waals surface area (Å²) in [5, 5.41) is 10.2. The van der Waals surface area contributed by atoms with Gasteiger partial charge in [-0.25, -0.2) is 4.98 Å². The van der Waals surface area contributed by atoms with E-state index in [1.807, 2.05) is 35.2 Å². The summed E-state index contributed by atoms with van der Waals surface area (Å²) in [4.78, 5) is 10.7. The zero-order valence-electron chi connectivity index (χ0n) is 26.1. The summed E-state index contributed by atoms with van der Waals surface area (Å²) >= 11 is 0. The molecule has 7 rings (SSSR count). The smallest absolute Gasteiger partial charge is 0.417 e. The van der Waals surface area contributed by atoms with Crippen LogP contribution in [0.1, 0.15) is 5.56 Å². The van der Waals surface area contributed by atoms with Crippen molar-refractivity contribution in [3.8, 4) is 23.0 Å². The maximum absolute atomic E-state index is 13.0. The number of anilines is 3. The van der Waals surface area contributed by atoms with Gasteiger partial charge in [-0.1, -0.05) is 0 Å². The van der Waals surface area contributed by atoms with Crippen LogP contribution in [0.5, 0.6) is 23.0 Å². The lowest BCUT2D eigenvalue weighted by Gasteiger charge is -2.34. The van der Waals surface area contributed by atoms with E-state index in [2.05, 4.69) is 36.8 Å². The molecular formula is C33H40F3N7O4. The Morgan fingerprint density at radius 2 is 1.51 bits per heavy atom. The van der Waals surface area contributed by atoms with Crippen molar-refractivity contribution in [2.75, 3.05) is 99.9 Å². The van der Waals surface area contributed by atoms with Crippen molar-refractivity contribution in [2.24, 2.45) is 0 Å². The second-order valence-corrected chi connectivity index (χ2v) is 12.0. The van der Waals surface area contributed by atoms with Crippen LogP contribution in [-0.4, -0.2) is 103 Å². The molecule has 0 saturated carbocycles. The molecule has 1 aromatic heterocycles. The number of fused-ring (bicyclic) bond motifs is 1. The highest BCUT2D eigenvalue weighted by atomic mass is 19.4. The fourth-order valence-corrected chi connectivity index (χ4v) is 6.29. The van der Waals surface area contributed by atoms with Crippen molar-refractivity contribution >= 4 is 17.2 Å². The van der Waals surface area contributed by atoms with Gasteiger partial charge in [0.25, 0.3) is 6.29 Å². The summed E-state index contributed by atoms with van der Waals surface area (Å²) in [6.07, 6.45) is -4.11. The molecule has 0 bridgehead atoms. The van der Waals surface area contributed by atoms with E-state index in [4.69, 9.17) is 18.9 Å². The monoisotopic (exact) mass is 655 g/mol. The van der Waals surface area contributed by atoms with Gasteiger partial charge < -0.3 is 49.6 Å². The van der Waals surface area contributed by atoms with Crippen molar-refractivity contribution in [1.82, 2.24) is 20.9 Å². The molecule has 3 aromatic rings. The molecule has 3 N–H and O–H groups in total. The number of hydrogen-bond donors (Lipinski definition) is 3. The average Bonchev–Trinajstić information content (AvgIpc) is 3.53. The van der Waals surface area contributed by atoms with Gasteiger partial charge in [0.2, 0.25) is 0 Å². The van der Waals surface area contributed by atoms with Crippen LogP contribution in [0.25, 0.3) is 0 Å². The normalized spacial score (nSPS) is 21.6. The predicted molar refractivity (Wildman–Crippen MR) is 172 cm³/mol. The molecule has 0 spiro atoms. The van der Waals surface area contributed by atoms with Crippen LogP contribution in [0, 0.1) is 0 Å². The van der Waals surface area contributed by atoms with E-state index < -0.39 is 18.0 Å².